The Bertz CT molecular complexity index is 511. The van der Waals surface area contributed by atoms with Crippen LogP contribution in [0.2, 0.25) is 0 Å². The summed E-state index contributed by atoms with van der Waals surface area (Å²) in [4.78, 5) is 8.64. The number of aryl methyl sites for hydroxylation is 4. The second-order valence-electron chi connectivity index (χ2n) is 4.34. The Kier molecular flexibility index (Phi) is 5.37. The van der Waals surface area contributed by atoms with E-state index < -0.39 is 0 Å². The lowest BCUT2D eigenvalue weighted by Crippen LogP contribution is -1.77. The number of hydrogen-bond donors (Lipinski definition) is 0. The zero-order valence-corrected chi connectivity index (χ0v) is 13.7. The predicted molar refractivity (Wildman–Crippen MR) is 82.5 cm³/mol. The molecule has 0 unspecified atom stereocenters. The molecule has 0 bridgehead atoms. The maximum Gasteiger partial charge on any atom is 0.256 e. The molecule has 4 nitrogen and oxygen atoms in total. The highest BCUT2D eigenvalue weighted by Crippen LogP contribution is 2.21. The van der Waals surface area contributed by atoms with Gasteiger partial charge in [-0.25, -0.2) is 9.97 Å². The normalized spacial score (nSPS) is 11.6. The van der Waals surface area contributed by atoms with Crippen LogP contribution in [0.5, 0.6) is 0 Å². The Morgan fingerprint density at radius 1 is 0.800 bits per heavy atom. The van der Waals surface area contributed by atoms with Crippen molar-refractivity contribution in [3.05, 3.63) is 35.1 Å². The van der Waals surface area contributed by atoms with Gasteiger partial charge in [-0.3, -0.25) is 0 Å². The molecule has 0 fully saturated rings. The van der Waals surface area contributed by atoms with Crippen LogP contribution >= 0.6 is 23.5 Å². The van der Waals surface area contributed by atoms with Crippen molar-refractivity contribution in [1.82, 2.24) is 9.97 Å². The van der Waals surface area contributed by atoms with Gasteiger partial charge in [0, 0.05) is 11.5 Å². The average Bonchev–Trinajstić information content (AvgIpc) is 2.88. The third kappa shape index (κ3) is 4.18. The molecule has 20 heavy (non-hydrogen) atoms. The summed E-state index contributed by atoms with van der Waals surface area (Å²) in [6.45, 7) is 7.77. The molecule has 0 radical (unpaired) electrons. The first-order chi connectivity index (χ1) is 9.56. The van der Waals surface area contributed by atoms with Crippen molar-refractivity contribution in [2.75, 3.05) is 11.5 Å². The molecular formula is C14H18N2O2S2. The third-order valence-corrected chi connectivity index (χ3v) is 4.35. The SMILES string of the molecule is Cc1nc(SC/C=C/CSc2nc(C)c(C)o2)oc1C. The Hall–Kier alpha value is -1.14. The standard InChI is InChI=1S/C14H18N2O2S2/c1-9-11(3)17-13(15-9)19-7-5-6-8-20-14-16-10(2)12(4)18-14/h5-6H,7-8H2,1-4H3/b6-5+. The lowest BCUT2D eigenvalue weighted by Gasteiger charge is -1.91. The van der Waals surface area contributed by atoms with Crippen molar-refractivity contribution >= 4 is 23.5 Å². The van der Waals surface area contributed by atoms with Crippen LogP contribution in [0.1, 0.15) is 22.9 Å². The molecule has 2 heterocycles. The summed E-state index contributed by atoms with van der Waals surface area (Å²) < 4.78 is 11.0. The van der Waals surface area contributed by atoms with Crippen LogP contribution in [0.4, 0.5) is 0 Å². The molecule has 0 saturated heterocycles. The molecule has 2 aromatic heterocycles. The fourth-order valence-electron chi connectivity index (χ4n) is 1.38. The summed E-state index contributed by atoms with van der Waals surface area (Å²) in [7, 11) is 0. The Morgan fingerprint density at radius 2 is 1.20 bits per heavy atom. The number of thioether (sulfide) groups is 2. The third-order valence-electron chi connectivity index (χ3n) is 2.79. The van der Waals surface area contributed by atoms with Gasteiger partial charge in [-0.15, -0.1) is 0 Å². The summed E-state index contributed by atoms with van der Waals surface area (Å²) in [5, 5.41) is 1.47. The van der Waals surface area contributed by atoms with E-state index in [0.29, 0.717) is 0 Å². The Labute approximate surface area is 127 Å². The van der Waals surface area contributed by atoms with Gasteiger partial charge in [0.2, 0.25) is 0 Å². The van der Waals surface area contributed by atoms with Crippen molar-refractivity contribution in [1.29, 1.82) is 0 Å². The van der Waals surface area contributed by atoms with Crippen LogP contribution in [0.3, 0.4) is 0 Å². The molecule has 2 aromatic rings. The van der Waals surface area contributed by atoms with E-state index in [2.05, 4.69) is 22.1 Å². The van der Waals surface area contributed by atoms with Crippen LogP contribution in [-0.2, 0) is 0 Å². The first-order valence-electron chi connectivity index (χ1n) is 6.35. The molecule has 0 aliphatic heterocycles. The summed E-state index contributed by atoms with van der Waals surface area (Å²) in [6, 6.07) is 0. The van der Waals surface area contributed by atoms with E-state index in [1.807, 2.05) is 27.7 Å². The van der Waals surface area contributed by atoms with E-state index in [1.54, 1.807) is 23.5 Å². The smallest absolute Gasteiger partial charge is 0.256 e. The van der Waals surface area contributed by atoms with Gasteiger partial charge in [-0.05, 0) is 27.7 Å². The highest BCUT2D eigenvalue weighted by atomic mass is 32.2. The fourth-order valence-corrected chi connectivity index (χ4v) is 2.91. The maximum absolute atomic E-state index is 5.49. The van der Waals surface area contributed by atoms with E-state index in [1.165, 1.54) is 0 Å². The summed E-state index contributed by atoms with van der Waals surface area (Å²) in [5.41, 5.74) is 1.92. The van der Waals surface area contributed by atoms with Gasteiger partial charge in [-0.1, -0.05) is 35.7 Å². The second kappa shape index (κ2) is 7.04. The van der Waals surface area contributed by atoms with Crippen LogP contribution in [0.15, 0.2) is 31.4 Å². The molecule has 0 aliphatic rings. The molecular weight excluding hydrogens is 292 g/mol. The van der Waals surface area contributed by atoms with Gasteiger partial charge in [0.15, 0.2) is 0 Å². The van der Waals surface area contributed by atoms with Crippen molar-refractivity contribution in [2.45, 2.75) is 38.1 Å². The summed E-state index contributed by atoms with van der Waals surface area (Å²) in [5.74, 6) is 3.48. The number of oxazole rings is 2. The predicted octanol–water partition coefficient (Wildman–Crippen LogP) is 4.34. The van der Waals surface area contributed by atoms with E-state index in [0.717, 1.165) is 44.9 Å². The maximum atomic E-state index is 5.49. The lowest BCUT2D eigenvalue weighted by atomic mass is 10.4. The van der Waals surface area contributed by atoms with Gasteiger partial charge < -0.3 is 8.83 Å². The van der Waals surface area contributed by atoms with Crippen molar-refractivity contribution in [3.63, 3.8) is 0 Å². The summed E-state index contributed by atoms with van der Waals surface area (Å²) in [6.07, 6.45) is 4.21. The Morgan fingerprint density at radius 3 is 1.50 bits per heavy atom. The van der Waals surface area contributed by atoms with Crippen LogP contribution in [-0.4, -0.2) is 21.5 Å². The van der Waals surface area contributed by atoms with Gasteiger partial charge in [0.05, 0.1) is 11.4 Å². The Balaban J connectivity index is 1.69. The second-order valence-corrected chi connectivity index (χ2v) is 6.28. The minimum absolute atomic E-state index is 0.733. The highest BCUT2D eigenvalue weighted by molar-refractivity contribution is 7.99. The van der Waals surface area contributed by atoms with E-state index in [9.17, 15) is 0 Å². The molecule has 6 heteroatoms. The highest BCUT2D eigenvalue weighted by Gasteiger charge is 2.05. The lowest BCUT2D eigenvalue weighted by molar-refractivity contribution is 0.431. The van der Waals surface area contributed by atoms with E-state index in [4.69, 9.17) is 8.83 Å². The zero-order chi connectivity index (χ0) is 14.5. The molecule has 0 amide bonds. The first kappa shape index (κ1) is 15.3. The number of rotatable bonds is 6. The summed E-state index contributed by atoms with van der Waals surface area (Å²) >= 11 is 3.19. The van der Waals surface area contributed by atoms with Crippen LogP contribution in [0.25, 0.3) is 0 Å². The molecule has 0 spiro atoms. The monoisotopic (exact) mass is 310 g/mol. The molecule has 0 atom stereocenters. The van der Waals surface area contributed by atoms with E-state index >= 15 is 0 Å². The topological polar surface area (TPSA) is 52.1 Å². The zero-order valence-electron chi connectivity index (χ0n) is 12.1. The largest absolute Gasteiger partial charge is 0.437 e. The minimum Gasteiger partial charge on any atom is -0.437 e. The van der Waals surface area contributed by atoms with Crippen LogP contribution in [0, 0.1) is 27.7 Å². The van der Waals surface area contributed by atoms with E-state index in [-0.39, 0.29) is 0 Å². The number of aromatic nitrogens is 2. The molecule has 0 N–H and O–H groups in total. The molecule has 0 saturated carbocycles. The molecule has 0 aromatic carbocycles. The van der Waals surface area contributed by atoms with Gasteiger partial charge in [0.1, 0.15) is 11.5 Å². The quantitative estimate of drug-likeness (QED) is 0.584. The van der Waals surface area contributed by atoms with Gasteiger partial charge in [-0.2, -0.15) is 0 Å². The molecule has 108 valence electrons. The number of nitrogens with zero attached hydrogens (tertiary/aromatic N) is 2. The van der Waals surface area contributed by atoms with Crippen LogP contribution < -0.4 is 0 Å². The fraction of sp³-hybridized carbons (Fsp3) is 0.429. The molecule has 0 aliphatic carbocycles. The van der Waals surface area contributed by atoms with Gasteiger partial charge >= 0.3 is 0 Å². The van der Waals surface area contributed by atoms with Crippen molar-refractivity contribution in [2.24, 2.45) is 0 Å². The first-order valence-corrected chi connectivity index (χ1v) is 8.32. The number of hydrogen-bond acceptors (Lipinski definition) is 6. The van der Waals surface area contributed by atoms with Gasteiger partial charge in [0.25, 0.3) is 10.4 Å². The minimum atomic E-state index is 0.733. The molecule has 2 rings (SSSR count). The average molecular weight is 310 g/mol. The van der Waals surface area contributed by atoms with Crippen molar-refractivity contribution < 1.29 is 8.83 Å². The van der Waals surface area contributed by atoms with Crippen molar-refractivity contribution in [3.8, 4) is 0 Å².